The van der Waals surface area contributed by atoms with Gasteiger partial charge in [0.15, 0.2) is 0 Å². The Morgan fingerprint density at radius 2 is 2.47 bits per heavy atom. The van der Waals surface area contributed by atoms with Crippen LogP contribution in [-0.2, 0) is 6.42 Å². The van der Waals surface area contributed by atoms with E-state index in [-0.39, 0.29) is 0 Å². The Kier molecular flexibility index (Phi) is 4.54. The quantitative estimate of drug-likeness (QED) is 0.789. The number of piperidine rings is 1. The largest absolute Gasteiger partial charge is 0.315 e. The summed E-state index contributed by atoms with van der Waals surface area (Å²) in [5, 5.41) is 9.31. The molecule has 2 N–H and O–H groups in total. The molecule has 0 saturated carbocycles. The Morgan fingerprint density at radius 3 is 3.18 bits per heavy atom. The molecule has 1 aliphatic rings. The molecule has 0 aromatic carbocycles. The van der Waals surface area contributed by atoms with Crippen molar-refractivity contribution in [2.75, 3.05) is 19.6 Å². The summed E-state index contributed by atoms with van der Waals surface area (Å²) in [5.41, 5.74) is 3.53. The fourth-order valence-corrected chi connectivity index (χ4v) is 3.04. The maximum atomic E-state index is 4.29. The molecular weight excluding hydrogens is 230 g/mol. The molecule has 1 aromatic heterocycles. The van der Waals surface area contributed by atoms with Crippen LogP contribution in [0.1, 0.15) is 32.4 Å². The zero-order valence-corrected chi connectivity index (χ0v) is 11.6. The molecule has 0 radical (unpaired) electrons. The van der Waals surface area contributed by atoms with Gasteiger partial charge in [0.2, 0.25) is 0 Å². The molecule has 0 aliphatic carbocycles. The highest BCUT2D eigenvalue weighted by Gasteiger charge is 2.31. The van der Waals surface area contributed by atoms with Crippen molar-refractivity contribution in [1.82, 2.24) is 15.6 Å². The maximum absolute atomic E-state index is 4.29. The molecular formula is C13H23N3S. The van der Waals surface area contributed by atoms with Crippen molar-refractivity contribution in [3.63, 3.8) is 0 Å². The fourth-order valence-electron chi connectivity index (χ4n) is 2.44. The molecule has 17 heavy (non-hydrogen) atoms. The van der Waals surface area contributed by atoms with Gasteiger partial charge >= 0.3 is 0 Å². The lowest BCUT2D eigenvalue weighted by Gasteiger charge is -2.39. The zero-order chi connectivity index (χ0) is 12.1. The average molecular weight is 253 g/mol. The predicted molar refractivity (Wildman–Crippen MR) is 73.5 cm³/mol. The second-order valence-corrected chi connectivity index (χ2v) is 6.25. The third-order valence-electron chi connectivity index (χ3n) is 3.72. The highest BCUT2D eigenvalue weighted by molar-refractivity contribution is 7.07. The molecule has 96 valence electrons. The summed E-state index contributed by atoms with van der Waals surface area (Å²) in [7, 11) is 0. The standard InChI is InChI=1S/C13H23N3S/c1-13(2)5-3-6-15-12(13)8-14-7-4-11-9-17-10-16-11/h9-10,12,14-15H,3-8H2,1-2H3. The lowest BCUT2D eigenvalue weighted by Crippen LogP contribution is -2.52. The first-order chi connectivity index (χ1) is 8.18. The monoisotopic (exact) mass is 253 g/mol. The van der Waals surface area contributed by atoms with E-state index in [0.717, 1.165) is 19.5 Å². The van der Waals surface area contributed by atoms with E-state index in [1.807, 2.05) is 5.51 Å². The van der Waals surface area contributed by atoms with E-state index in [4.69, 9.17) is 0 Å². The molecule has 2 rings (SSSR count). The number of nitrogens with one attached hydrogen (secondary N) is 2. The Bertz CT molecular complexity index is 321. The van der Waals surface area contributed by atoms with E-state index in [1.165, 1.54) is 25.1 Å². The van der Waals surface area contributed by atoms with Crippen LogP contribution in [0, 0.1) is 5.41 Å². The van der Waals surface area contributed by atoms with Crippen LogP contribution in [0.5, 0.6) is 0 Å². The summed E-state index contributed by atoms with van der Waals surface area (Å²) >= 11 is 1.67. The number of nitrogens with zero attached hydrogens (tertiary/aromatic N) is 1. The van der Waals surface area contributed by atoms with Crippen LogP contribution in [0.25, 0.3) is 0 Å². The van der Waals surface area contributed by atoms with Crippen molar-refractivity contribution >= 4 is 11.3 Å². The Hall–Kier alpha value is -0.450. The highest BCUT2D eigenvalue weighted by Crippen LogP contribution is 2.29. The fraction of sp³-hybridized carbons (Fsp3) is 0.769. The van der Waals surface area contributed by atoms with Crippen molar-refractivity contribution in [2.45, 2.75) is 39.2 Å². The van der Waals surface area contributed by atoms with Gasteiger partial charge in [0.25, 0.3) is 0 Å². The van der Waals surface area contributed by atoms with E-state index in [1.54, 1.807) is 11.3 Å². The molecule has 1 atom stereocenters. The Morgan fingerprint density at radius 1 is 1.59 bits per heavy atom. The summed E-state index contributed by atoms with van der Waals surface area (Å²) in [4.78, 5) is 4.29. The molecule has 2 heterocycles. The Balaban J connectivity index is 1.67. The summed E-state index contributed by atoms with van der Waals surface area (Å²) in [6.45, 7) is 7.99. The van der Waals surface area contributed by atoms with Gasteiger partial charge in [0, 0.05) is 30.9 Å². The van der Waals surface area contributed by atoms with E-state index >= 15 is 0 Å². The zero-order valence-electron chi connectivity index (χ0n) is 10.8. The van der Waals surface area contributed by atoms with Crippen molar-refractivity contribution in [3.05, 3.63) is 16.6 Å². The Labute approximate surface area is 108 Å². The SMILES string of the molecule is CC1(C)CCCNC1CNCCc1cscn1. The minimum absolute atomic E-state index is 0.423. The molecule has 1 unspecified atom stereocenters. The van der Waals surface area contributed by atoms with Gasteiger partial charge in [-0.15, -0.1) is 11.3 Å². The topological polar surface area (TPSA) is 37.0 Å². The molecule has 1 fully saturated rings. The number of hydrogen-bond acceptors (Lipinski definition) is 4. The number of aromatic nitrogens is 1. The van der Waals surface area contributed by atoms with Gasteiger partial charge in [-0.1, -0.05) is 13.8 Å². The second kappa shape index (κ2) is 5.94. The first kappa shape index (κ1) is 13.0. The third-order valence-corrected chi connectivity index (χ3v) is 4.36. The van der Waals surface area contributed by atoms with Crippen molar-refractivity contribution in [2.24, 2.45) is 5.41 Å². The molecule has 1 saturated heterocycles. The third kappa shape index (κ3) is 3.76. The van der Waals surface area contributed by atoms with Crippen LogP contribution in [0.2, 0.25) is 0 Å². The van der Waals surface area contributed by atoms with Gasteiger partial charge in [-0.25, -0.2) is 4.98 Å². The van der Waals surface area contributed by atoms with Crippen LogP contribution in [0.3, 0.4) is 0 Å². The summed E-state index contributed by atoms with van der Waals surface area (Å²) in [5.74, 6) is 0. The van der Waals surface area contributed by atoms with E-state index in [2.05, 4.69) is 34.8 Å². The predicted octanol–water partition coefficient (Wildman–Crippen LogP) is 2.05. The second-order valence-electron chi connectivity index (χ2n) is 5.53. The van der Waals surface area contributed by atoms with Gasteiger partial charge in [-0.3, -0.25) is 0 Å². The van der Waals surface area contributed by atoms with E-state index < -0.39 is 0 Å². The van der Waals surface area contributed by atoms with Crippen LogP contribution in [-0.4, -0.2) is 30.7 Å². The molecule has 0 bridgehead atoms. The molecule has 4 heteroatoms. The molecule has 0 amide bonds. The summed E-state index contributed by atoms with van der Waals surface area (Å²) in [6, 6.07) is 0.603. The first-order valence-corrected chi connectivity index (χ1v) is 7.44. The molecule has 1 aliphatic heterocycles. The van der Waals surface area contributed by atoms with Crippen LogP contribution < -0.4 is 10.6 Å². The molecule has 1 aromatic rings. The lowest BCUT2D eigenvalue weighted by molar-refractivity contribution is 0.176. The van der Waals surface area contributed by atoms with Crippen molar-refractivity contribution in [3.8, 4) is 0 Å². The van der Waals surface area contributed by atoms with Gasteiger partial charge < -0.3 is 10.6 Å². The van der Waals surface area contributed by atoms with Crippen molar-refractivity contribution < 1.29 is 0 Å². The van der Waals surface area contributed by atoms with Crippen LogP contribution >= 0.6 is 11.3 Å². The lowest BCUT2D eigenvalue weighted by atomic mass is 9.77. The van der Waals surface area contributed by atoms with Gasteiger partial charge in [0.05, 0.1) is 11.2 Å². The summed E-state index contributed by atoms with van der Waals surface area (Å²) in [6.07, 6.45) is 3.68. The number of rotatable bonds is 5. The maximum Gasteiger partial charge on any atom is 0.0794 e. The molecule has 0 spiro atoms. The van der Waals surface area contributed by atoms with Gasteiger partial charge in [-0.05, 0) is 24.8 Å². The molecule has 3 nitrogen and oxygen atoms in total. The van der Waals surface area contributed by atoms with Crippen molar-refractivity contribution in [1.29, 1.82) is 0 Å². The van der Waals surface area contributed by atoms with Gasteiger partial charge in [-0.2, -0.15) is 0 Å². The van der Waals surface area contributed by atoms with E-state index in [0.29, 0.717) is 11.5 Å². The van der Waals surface area contributed by atoms with Gasteiger partial charge in [0.1, 0.15) is 0 Å². The number of hydrogen-bond donors (Lipinski definition) is 2. The minimum Gasteiger partial charge on any atom is -0.315 e. The number of thiazole rings is 1. The normalized spacial score (nSPS) is 23.8. The van der Waals surface area contributed by atoms with Crippen LogP contribution in [0.4, 0.5) is 0 Å². The first-order valence-electron chi connectivity index (χ1n) is 6.50. The minimum atomic E-state index is 0.423. The highest BCUT2D eigenvalue weighted by atomic mass is 32.1. The van der Waals surface area contributed by atoms with E-state index in [9.17, 15) is 0 Å². The average Bonchev–Trinajstić information content (AvgIpc) is 2.79. The van der Waals surface area contributed by atoms with Crippen LogP contribution in [0.15, 0.2) is 10.9 Å². The smallest absolute Gasteiger partial charge is 0.0794 e. The summed E-state index contributed by atoms with van der Waals surface area (Å²) < 4.78 is 0.